The summed E-state index contributed by atoms with van der Waals surface area (Å²) in [6.07, 6.45) is 4.82. The zero-order valence-corrected chi connectivity index (χ0v) is 15.6. The monoisotopic (exact) mass is 347 g/mol. The fourth-order valence-electron chi connectivity index (χ4n) is 3.66. The van der Waals surface area contributed by atoms with Gasteiger partial charge in [0.2, 0.25) is 5.95 Å². The van der Waals surface area contributed by atoms with Gasteiger partial charge in [-0.1, -0.05) is 27.2 Å². The molecule has 0 saturated heterocycles. The lowest BCUT2D eigenvalue weighted by Crippen LogP contribution is -2.41. The van der Waals surface area contributed by atoms with Crippen molar-refractivity contribution in [2.24, 2.45) is 0 Å². The van der Waals surface area contributed by atoms with E-state index >= 15 is 0 Å². The molecule has 0 amide bonds. The maximum atomic E-state index is 13.0. The molecule has 7 heteroatoms. The second-order valence-electron chi connectivity index (χ2n) is 6.82. The van der Waals surface area contributed by atoms with Crippen molar-refractivity contribution >= 4 is 17.1 Å². The fourth-order valence-corrected chi connectivity index (χ4v) is 3.66. The van der Waals surface area contributed by atoms with Crippen LogP contribution in [0.2, 0.25) is 0 Å². The van der Waals surface area contributed by atoms with E-state index in [2.05, 4.69) is 11.8 Å². The molecule has 3 heterocycles. The molecule has 2 aromatic heterocycles. The molecule has 7 nitrogen and oxygen atoms in total. The van der Waals surface area contributed by atoms with Crippen molar-refractivity contribution in [1.29, 1.82) is 0 Å². The van der Waals surface area contributed by atoms with Gasteiger partial charge in [-0.3, -0.25) is 13.9 Å². The summed E-state index contributed by atoms with van der Waals surface area (Å²) in [4.78, 5) is 32.9. The smallest absolute Gasteiger partial charge is 0.332 e. The van der Waals surface area contributed by atoms with Gasteiger partial charge < -0.3 is 9.47 Å². The van der Waals surface area contributed by atoms with Crippen molar-refractivity contribution in [1.82, 2.24) is 18.7 Å². The highest BCUT2D eigenvalue weighted by atomic mass is 16.2. The number of unbranched alkanes of at least 4 members (excludes halogenated alkanes) is 1. The van der Waals surface area contributed by atoms with E-state index in [1.807, 2.05) is 18.4 Å². The number of rotatable bonds is 7. The molecule has 0 bridgehead atoms. The van der Waals surface area contributed by atoms with E-state index in [0.29, 0.717) is 24.3 Å². The summed E-state index contributed by atoms with van der Waals surface area (Å²) in [5, 5.41) is 0. The zero-order valence-electron chi connectivity index (χ0n) is 15.6. The molecule has 0 N–H and O–H groups in total. The van der Waals surface area contributed by atoms with Crippen LogP contribution in [0.25, 0.3) is 11.2 Å². The highest BCUT2D eigenvalue weighted by molar-refractivity contribution is 5.75. The first kappa shape index (κ1) is 17.8. The zero-order chi connectivity index (χ0) is 18.0. The Morgan fingerprint density at radius 3 is 2.32 bits per heavy atom. The van der Waals surface area contributed by atoms with Gasteiger partial charge in [0.05, 0.1) is 0 Å². The lowest BCUT2D eigenvalue weighted by atomic mass is 10.2. The highest BCUT2D eigenvalue weighted by Gasteiger charge is 2.26. The number of nitrogens with zero attached hydrogens (tertiary/aromatic N) is 5. The van der Waals surface area contributed by atoms with Gasteiger partial charge in [0.15, 0.2) is 11.2 Å². The van der Waals surface area contributed by atoms with Crippen LogP contribution in [0.15, 0.2) is 9.59 Å². The Hall–Kier alpha value is -2.05. The fraction of sp³-hybridized carbons (Fsp3) is 0.722. The van der Waals surface area contributed by atoms with Crippen LogP contribution < -0.4 is 16.1 Å². The van der Waals surface area contributed by atoms with Crippen LogP contribution in [0, 0.1) is 0 Å². The highest BCUT2D eigenvalue weighted by Crippen LogP contribution is 2.24. The standard InChI is InChI=1S/C18H29N5O2/c1-4-7-11-20-12-8-13-21-14-15(19-17(20)21)22(9-5-2)18(25)23(10-6-3)16(14)24/h4-13H2,1-3H3. The molecule has 1 aliphatic rings. The summed E-state index contributed by atoms with van der Waals surface area (Å²) in [6.45, 7) is 9.94. The van der Waals surface area contributed by atoms with Gasteiger partial charge in [-0.25, -0.2) is 4.79 Å². The van der Waals surface area contributed by atoms with Crippen molar-refractivity contribution in [2.45, 2.75) is 72.5 Å². The van der Waals surface area contributed by atoms with Gasteiger partial charge in [0.25, 0.3) is 5.56 Å². The third-order valence-corrected chi connectivity index (χ3v) is 4.86. The van der Waals surface area contributed by atoms with E-state index < -0.39 is 0 Å². The van der Waals surface area contributed by atoms with Gasteiger partial charge in [0, 0.05) is 32.7 Å². The molecule has 3 rings (SSSR count). The summed E-state index contributed by atoms with van der Waals surface area (Å²) < 4.78 is 5.11. The first-order valence-corrected chi connectivity index (χ1v) is 9.62. The largest absolute Gasteiger partial charge is 0.342 e. The Kier molecular flexibility index (Phi) is 5.30. The van der Waals surface area contributed by atoms with Crippen molar-refractivity contribution < 1.29 is 0 Å². The number of anilines is 1. The van der Waals surface area contributed by atoms with E-state index in [0.717, 1.165) is 57.7 Å². The lowest BCUT2D eigenvalue weighted by Gasteiger charge is -2.28. The number of hydrogen-bond acceptors (Lipinski definition) is 4. The van der Waals surface area contributed by atoms with E-state index in [1.165, 1.54) is 4.57 Å². The molecule has 0 atom stereocenters. The van der Waals surface area contributed by atoms with Gasteiger partial charge in [-0.05, 0) is 25.7 Å². The molecule has 0 radical (unpaired) electrons. The molecule has 0 unspecified atom stereocenters. The normalized spacial score (nSPS) is 14.3. The van der Waals surface area contributed by atoms with Crippen LogP contribution in [0.1, 0.15) is 52.9 Å². The molecule has 25 heavy (non-hydrogen) atoms. The van der Waals surface area contributed by atoms with Gasteiger partial charge in [-0.2, -0.15) is 4.98 Å². The molecule has 0 spiro atoms. The van der Waals surface area contributed by atoms with Crippen molar-refractivity contribution in [2.75, 3.05) is 18.0 Å². The Bertz CT molecular complexity index is 861. The topological polar surface area (TPSA) is 65.1 Å². The van der Waals surface area contributed by atoms with E-state index in [-0.39, 0.29) is 11.2 Å². The SMILES string of the molecule is CCCCN1CCCn2c1nc1c2c(=O)n(CCC)c(=O)n1CCC. The second kappa shape index (κ2) is 7.45. The maximum Gasteiger partial charge on any atom is 0.332 e. The first-order chi connectivity index (χ1) is 12.1. The first-order valence-electron chi connectivity index (χ1n) is 9.62. The molecule has 0 saturated carbocycles. The molecule has 0 aliphatic carbocycles. The molecule has 2 aromatic rings. The Morgan fingerprint density at radius 1 is 0.920 bits per heavy atom. The van der Waals surface area contributed by atoms with Gasteiger partial charge >= 0.3 is 5.69 Å². The van der Waals surface area contributed by atoms with Crippen molar-refractivity contribution in [3.8, 4) is 0 Å². The van der Waals surface area contributed by atoms with Crippen molar-refractivity contribution in [3.05, 3.63) is 20.8 Å². The quantitative estimate of drug-likeness (QED) is 0.770. The predicted molar refractivity (Wildman–Crippen MR) is 101 cm³/mol. The Morgan fingerprint density at radius 2 is 1.64 bits per heavy atom. The maximum absolute atomic E-state index is 13.0. The third-order valence-electron chi connectivity index (χ3n) is 4.86. The lowest BCUT2D eigenvalue weighted by molar-refractivity contribution is 0.543. The number of aromatic nitrogens is 4. The van der Waals surface area contributed by atoms with E-state index in [9.17, 15) is 9.59 Å². The van der Waals surface area contributed by atoms with Gasteiger partial charge in [0.1, 0.15) is 0 Å². The predicted octanol–water partition coefficient (Wildman–Crippen LogP) is 2.19. The Balaban J connectivity index is 2.26. The molecular formula is C18H29N5O2. The number of imidazole rings is 1. The molecule has 0 fully saturated rings. The van der Waals surface area contributed by atoms with Crippen LogP contribution >= 0.6 is 0 Å². The number of fused-ring (bicyclic) bond motifs is 3. The minimum absolute atomic E-state index is 0.190. The van der Waals surface area contributed by atoms with Gasteiger partial charge in [-0.15, -0.1) is 0 Å². The van der Waals surface area contributed by atoms with Crippen LogP contribution in [0.4, 0.5) is 5.95 Å². The van der Waals surface area contributed by atoms with Crippen LogP contribution in [-0.2, 0) is 19.6 Å². The summed E-state index contributed by atoms with van der Waals surface area (Å²) in [5.41, 5.74) is 0.738. The third kappa shape index (κ3) is 3.00. The molecule has 0 aromatic carbocycles. The second-order valence-corrected chi connectivity index (χ2v) is 6.82. The van der Waals surface area contributed by atoms with Crippen LogP contribution in [0.5, 0.6) is 0 Å². The average Bonchev–Trinajstić information content (AvgIpc) is 3.00. The molecule has 138 valence electrons. The molecule has 1 aliphatic heterocycles. The van der Waals surface area contributed by atoms with Crippen LogP contribution in [0.3, 0.4) is 0 Å². The minimum atomic E-state index is -0.225. The number of aryl methyl sites for hydroxylation is 2. The summed E-state index contributed by atoms with van der Waals surface area (Å²) >= 11 is 0. The minimum Gasteiger partial charge on any atom is -0.342 e. The van der Waals surface area contributed by atoms with E-state index in [1.54, 1.807) is 4.57 Å². The van der Waals surface area contributed by atoms with E-state index in [4.69, 9.17) is 4.98 Å². The molecular weight excluding hydrogens is 318 g/mol. The number of hydrogen-bond donors (Lipinski definition) is 0. The van der Waals surface area contributed by atoms with Crippen LogP contribution in [-0.4, -0.2) is 31.8 Å². The average molecular weight is 347 g/mol. The summed E-state index contributed by atoms with van der Waals surface area (Å²) in [7, 11) is 0. The summed E-state index contributed by atoms with van der Waals surface area (Å²) in [6, 6.07) is 0. The van der Waals surface area contributed by atoms with Crippen molar-refractivity contribution in [3.63, 3.8) is 0 Å². The summed E-state index contributed by atoms with van der Waals surface area (Å²) in [5.74, 6) is 0.852. The Labute approximate surface area is 147 Å².